The molecule has 0 aliphatic carbocycles. The van der Waals surface area contributed by atoms with Gasteiger partial charge in [-0.15, -0.1) is 0 Å². The first kappa shape index (κ1) is 19.2. The summed E-state index contributed by atoms with van der Waals surface area (Å²) in [6.07, 6.45) is 4.25. The summed E-state index contributed by atoms with van der Waals surface area (Å²) in [5, 5.41) is 5.48. The molecule has 0 atom stereocenters. The minimum atomic E-state index is -0.420. The molecule has 0 amide bonds. The number of aryl methyl sites for hydroxylation is 1. The number of fused-ring (bicyclic) bond motifs is 1. The van der Waals surface area contributed by atoms with Crippen LogP contribution in [0.15, 0.2) is 12.3 Å². The van der Waals surface area contributed by atoms with E-state index in [1.54, 1.807) is 0 Å². The van der Waals surface area contributed by atoms with Gasteiger partial charge in [0.1, 0.15) is 6.73 Å². The molecule has 6 nitrogen and oxygen atoms in total. The molecular formula is C19H30BN3O3S. The van der Waals surface area contributed by atoms with Crippen molar-refractivity contribution >= 4 is 33.6 Å². The highest BCUT2D eigenvalue weighted by Crippen LogP contribution is 2.57. The van der Waals surface area contributed by atoms with Crippen LogP contribution in [-0.4, -0.2) is 63.2 Å². The first-order chi connectivity index (χ1) is 12.6. The minimum absolute atomic E-state index is 0.308. The van der Waals surface area contributed by atoms with E-state index < -0.39 is 7.12 Å². The van der Waals surface area contributed by atoms with Crippen molar-refractivity contribution in [1.82, 2.24) is 14.8 Å². The number of nitrogens with zero attached hydrogens (tertiary/aromatic N) is 3. The second kappa shape index (κ2) is 6.47. The van der Waals surface area contributed by atoms with Crippen molar-refractivity contribution < 1.29 is 14.0 Å². The molecule has 4 rings (SSSR count). The Kier molecular flexibility index (Phi) is 4.61. The Morgan fingerprint density at radius 1 is 1.22 bits per heavy atom. The average Bonchev–Trinajstić information content (AvgIpc) is 3.09. The van der Waals surface area contributed by atoms with E-state index in [1.807, 2.05) is 23.9 Å². The van der Waals surface area contributed by atoms with Gasteiger partial charge in [-0.1, -0.05) is 0 Å². The Morgan fingerprint density at radius 2 is 1.89 bits per heavy atom. The van der Waals surface area contributed by atoms with Crippen LogP contribution in [0, 0.1) is 6.92 Å². The summed E-state index contributed by atoms with van der Waals surface area (Å²) in [6.45, 7) is 11.5. The molecule has 2 fully saturated rings. The van der Waals surface area contributed by atoms with E-state index in [0.29, 0.717) is 6.73 Å². The molecule has 4 heterocycles. The van der Waals surface area contributed by atoms with Gasteiger partial charge in [-0.25, -0.2) is 19.7 Å². The number of pyridine rings is 1. The number of hydrogen-bond donors (Lipinski definition) is 0. The van der Waals surface area contributed by atoms with Crippen molar-refractivity contribution in [3.63, 3.8) is 0 Å². The van der Waals surface area contributed by atoms with Gasteiger partial charge >= 0.3 is 7.12 Å². The third kappa shape index (κ3) is 3.64. The van der Waals surface area contributed by atoms with Crippen molar-refractivity contribution in [2.75, 3.05) is 30.1 Å². The van der Waals surface area contributed by atoms with Crippen molar-refractivity contribution in [2.45, 2.75) is 52.6 Å². The summed E-state index contributed by atoms with van der Waals surface area (Å²) >= 11 is 0. The molecule has 0 aromatic carbocycles. The third-order valence-corrected chi connectivity index (χ3v) is 9.07. The standard InChI is InChI=1S/C19H30BN3O3S/c1-14-11-16(20-25-18(2,3)19(4,5)26-20)15-12-21-23(17(15)22-14)13-24-7-8-27(6)9-10-27/h11-12H,7-10,13H2,1-6H3. The van der Waals surface area contributed by atoms with E-state index in [2.05, 4.69) is 39.0 Å². The van der Waals surface area contributed by atoms with Gasteiger partial charge in [0, 0.05) is 16.8 Å². The average molecular weight is 391 g/mol. The molecule has 0 radical (unpaired) electrons. The molecule has 2 saturated heterocycles. The topological polar surface area (TPSA) is 58.4 Å². The quantitative estimate of drug-likeness (QED) is 0.430. The lowest BCUT2D eigenvalue weighted by molar-refractivity contribution is 0.00578. The fourth-order valence-electron chi connectivity index (χ4n) is 3.22. The lowest BCUT2D eigenvalue weighted by atomic mass is 9.77. The molecule has 2 aromatic heterocycles. The zero-order valence-corrected chi connectivity index (χ0v) is 18.1. The summed E-state index contributed by atoms with van der Waals surface area (Å²) in [4.78, 5) is 4.69. The van der Waals surface area contributed by atoms with Crippen LogP contribution < -0.4 is 5.46 Å². The zero-order valence-electron chi connectivity index (χ0n) is 17.2. The third-order valence-electron chi connectivity index (χ3n) is 6.11. The molecule has 0 saturated carbocycles. The lowest BCUT2D eigenvalue weighted by Crippen LogP contribution is -2.41. The van der Waals surface area contributed by atoms with Crippen LogP contribution in [0.3, 0.4) is 0 Å². The molecule has 0 N–H and O–H groups in total. The van der Waals surface area contributed by atoms with Gasteiger partial charge < -0.3 is 14.0 Å². The first-order valence-corrected chi connectivity index (χ1v) is 12.1. The number of hydrogen-bond acceptors (Lipinski definition) is 5. The predicted molar refractivity (Wildman–Crippen MR) is 112 cm³/mol. The van der Waals surface area contributed by atoms with Crippen molar-refractivity contribution in [1.29, 1.82) is 0 Å². The van der Waals surface area contributed by atoms with Crippen molar-refractivity contribution in [3.8, 4) is 0 Å². The van der Waals surface area contributed by atoms with E-state index in [4.69, 9.17) is 19.0 Å². The Bertz CT molecular complexity index is 847. The van der Waals surface area contributed by atoms with E-state index in [9.17, 15) is 0 Å². The van der Waals surface area contributed by atoms with Crippen molar-refractivity contribution in [2.24, 2.45) is 0 Å². The van der Waals surface area contributed by atoms with Crippen LogP contribution in [0.25, 0.3) is 11.0 Å². The maximum atomic E-state index is 6.25. The van der Waals surface area contributed by atoms with Gasteiger partial charge in [-0.05, 0) is 63.9 Å². The maximum absolute atomic E-state index is 6.25. The van der Waals surface area contributed by atoms with Gasteiger partial charge in [-0.3, -0.25) is 0 Å². The van der Waals surface area contributed by atoms with Gasteiger partial charge in [0.15, 0.2) is 5.65 Å². The highest BCUT2D eigenvalue weighted by atomic mass is 32.3. The fourth-order valence-corrected chi connectivity index (χ4v) is 5.29. The van der Waals surface area contributed by atoms with Crippen LogP contribution in [0.4, 0.5) is 0 Å². The van der Waals surface area contributed by atoms with E-state index in [-0.39, 0.29) is 21.2 Å². The molecule has 2 aliphatic rings. The number of ether oxygens (including phenoxy) is 1. The van der Waals surface area contributed by atoms with Crippen LogP contribution in [0.1, 0.15) is 33.4 Å². The normalized spacial score (nSPS) is 23.7. The van der Waals surface area contributed by atoms with Gasteiger partial charge in [0.25, 0.3) is 0 Å². The molecule has 0 spiro atoms. The number of rotatable bonds is 6. The molecule has 8 heteroatoms. The highest BCUT2D eigenvalue weighted by molar-refractivity contribution is 8.38. The number of aromatic nitrogens is 3. The highest BCUT2D eigenvalue weighted by Gasteiger charge is 2.52. The van der Waals surface area contributed by atoms with E-state index in [0.717, 1.165) is 28.8 Å². The van der Waals surface area contributed by atoms with Crippen LogP contribution in [-0.2, 0) is 20.8 Å². The van der Waals surface area contributed by atoms with Gasteiger partial charge in [-0.2, -0.15) is 5.10 Å². The Labute approximate surface area is 163 Å². The molecule has 2 aliphatic heterocycles. The summed E-state index contributed by atoms with van der Waals surface area (Å²) in [5.74, 6) is 4.00. The monoisotopic (exact) mass is 391 g/mol. The molecule has 27 heavy (non-hydrogen) atoms. The van der Waals surface area contributed by atoms with Crippen LogP contribution >= 0.6 is 10.0 Å². The van der Waals surface area contributed by atoms with E-state index >= 15 is 0 Å². The SMILES string of the molecule is Cc1cc(B2OC(C)(C)C(C)(C)O2)c2cnn(COCCS3(C)CC3)c2n1. The summed E-state index contributed by atoms with van der Waals surface area (Å²) in [6, 6.07) is 2.04. The van der Waals surface area contributed by atoms with Gasteiger partial charge in [0.2, 0.25) is 0 Å². The van der Waals surface area contributed by atoms with Crippen molar-refractivity contribution in [3.05, 3.63) is 18.0 Å². The molecule has 0 bridgehead atoms. The lowest BCUT2D eigenvalue weighted by Gasteiger charge is -2.32. The molecule has 2 aromatic rings. The van der Waals surface area contributed by atoms with Gasteiger partial charge in [0.05, 0.1) is 24.0 Å². The fraction of sp³-hybridized carbons (Fsp3) is 0.684. The predicted octanol–water partition coefficient (Wildman–Crippen LogP) is 2.46. The minimum Gasteiger partial charge on any atom is -0.399 e. The molecule has 148 valence electrons. The molecule has 0 unspecified atom stereocenters. The Hall–Kier alpha value is -1.09. The largest absolute Gasteiger partial charge is 0.495 e. The Balaban J connectivity index is 1.55. The Morgan fingerprint density at radius 3 is 2.52 bits per heavy atom. The van der Waals surface area contributed by atoms with Crippen LogP contribution in [0.5, 0.6) is 0 Å². The summed E-state index contributed by atoms with van der Waals surface area (Å²) in [7, 11) is -0.728. The summed E-state index contributed by atoms with van der Waals surface area (Å²) < 4.78 is 20.2. The smallest absolute Gasteiger partial charge is 0.399 e. The second-order valence-corrected chi connectivity index (χ2v) is 13.1. The maximum Gasteiger partial charge on any atom is 0.495 e. The zero-order chi connectivity index (χ0) is 19.4. The van der Waals surface area contributed by atoms with Crippen LogP contribution in [0.2, 0.25) is 0 Å². The molecular weight excluding hydrogens is 361 g/mol. The first-order valence-electron chi connectivity index (χ1n) is 9.58. The van der Waals surface area contributed by atoms with E-state index in [1.165, 1.54) is 17.3 Å². The second-order valence-electron chi connectivity index (χ2n) is 8.95. The summed E-state index contributed by atoms with van der Waals surface area (Å²) in [5.41, 5.74) is 1.98.